The minimum Gasteiger partial charge on any atom is -0.483 e. The quantitative estimate of drug-likeness (QED) is 0.186. The lowest BCUT2D eigenvalue weighted by atomic mass is 10.1. The van der Waals surface area contributed by atoms with Crippen molar-refractivity contribution in [3.05, 3.63) is 75.9 Å². The molecule has 0 aliphatic heterocycles. The molecule has 3 heterocycles. The van der Waals surface area contributed by atoms with Crippen LogP contribution in [0.4, 0.5) is 17.6 Å². The number of carbonyl (C=O) groups excluding carboxylic acids is 1. The Hall–Kier alpha value is -4.06. The summed E-state index contributed by atoms with van der Waals surface area (Å²) in [6, 6.07) is 6.65. The molecule has 178 valence electrons. The number of fused-ring (bicyclic) bond motifs is 3. The van der Waals surface area contributed by atoms with Gasteiger partial charge in [-0.15, -0.1) is 16.4 Å². The lowest BCUT2D eigenvalue weighted by Gasteiger charge is -2.09. The van der Waals surface area contributed by atoms with E-state index in [0.29, 0.717) is 43.3 Å². The van der Waals surface area contributed by atoms with E-state index in [-0.39, 0.29) is 12.7 Å². The van der Waals surface area contributed by atoms with E-state index in [2.05, 4.69) is 15.1 Å². The average Bonchev–Trinajstić information content (AvgIpc) is 3.43. The molecule has 7 nitrogen and oxygen atoms in total. The van der Waals surface area contributed by atoms with Crippen LogP contribution in [0, 0.1) is 30.2 Å². The van der Waals surface area contributed by atoms with Crippen LogP contribution in [0.1, 0.15) is 20.8 Å². The minimum absolute atomic E-state index is 0.116. The summed E-state index contributed by atoms with van der Waals surface area (Å²) < 4.78 is 65.6. The Labute approximate surface area is 198 Å². The van der Waals surface area contributed by atoms with Gasteiger partial charge in [0.2, 0.25) is 11.6 Å². The Bertz CT molecular complexity index is 1590. The summed E-state index contributed by atoms with van der Waals surface area (Å²) in [6.45, 7) is 1.45. The summed E-state index contributed by atoms with van der Waals surface area (Å²) in [5.74, 6) is -7.50. The molecule has 0 radical (unpaired) electrons. The molecule has 0 aliphatic rings. The first-order valence-corrected chi connectivity index (χ1v) is 10.9. The summed E-state index contributed by atoms with van der Waals surface area (Å²) in [7, 11) is 1.31. The molecule has 0 fully saturated rings. The molecule has 0 saturated heterocycles. The van der Waals surface area contributed by atoms with Gasteiger partial charge in [0.05, 0.1) is 12.5 Å². The van der Waals surface area contributed by atoms with E-state index >= 15 is 0 Å². The number of rotatable bonds is 5. The largest absolute Gasteiger partial charge is 0.483 e. The summed E-state index contributed by atoms with van der Waals surface area (Å²) >= 11 is 1.20. The van der Waals surface area contributed by atoms with Gasteiger partial charge >= 0.3 is 5.97 Å². The molecule has 12 heteroatoms. The maximum absolute atomic E-state index is 13.8. The molecule has 0 bridgehead atoms. The highest BCUT2D eigenvalue weighted by atomic mass is 32.1. The summed E-state index contributed by atoms with van der Waals surface area (Å²) in [6.07, 6.45) is 1.49. The molecule has 0 amide bonds. The van der Waals surface area contributed by atoms with Crippen LogP contribution in [0.25, 0.3) is 27.3 Å². The van der Waals surface area contributed by atoms with Crippen molar-refractivity contribution in [1.82, 2.24) is 19.6 Å². The normalized spacial score (nSPS) is 11.4. The highest BCUT2D eigenvalue weighted by molar-refractivity contribution is 7.20. The Balaban J connectivity index is 1.43. The van der Waals surface area contributed by atoms with Gasteiger partial charge in [-0.3, -0.25) is 0 Å². The van der Waals surface area contributed by atoms with E-state index in [1.807, 2.05) is 0 Å². The van der Waals surface area contributed by atoms with Crippen molar-refractivity contribution in [2.24, 2.45) is 0 Å². The van der Waals surface area contributed by atoms with Crippen LogP contribution < -0.4 is 4.74 Å². The second-order valence-corrected chi connectivity index (χ2v) is 8.46. The van der Waals surface area contributed by atoms with Gasteiger partial charge in [-0.05, 0) is 18.1 Å². The van der Waals surface area contributed by atoms with Gasteiger partial charge in [-0.25, -0.2) is 28.1 Å². The van der Waals surface area contributed by atoms with E-state index in [1.54, 1.807) is 31.2 Å². The third-order valence-electron chi connectivity index (χ3n) is 5.31. The van der Waals surface area contributed by atoms with Crippen LogP contribution in [0.3, 0.4) is 0 Å². The summed E-state index contributed by atoms with van der Waals surface area (Å²) in [5.41, 5.74) is 2.32. The topological polar surface area (TPSA) is 78.6 Å². The smallest absolute Gasteiger partial charge is 0.348 e. The Kier molecular flexibility index (Phi) is 5.59. The van der Waals surface area contributed by atoms with Gasteiger partial charge in [-0.1, -0.05) is 24.3 Å². The van der Waals surface area contributed by atoms with Crippen LogP contribution in [0.15, 0.2) is 36.7 Å². The van der Waals surface area contributed by atoms with Gasteiger partial charge in [0, 0.05) is 11.6 Å². The molecule has 5 rings (SSSR count). The maximum atomic E-state index is 13.8. The SMILES string of the molecule is COC(=O)c1sc2ncn3nc(-c4ccc(COc5c(F)c(F)cc(F)c5F)cc4)nc3c2c1C. The number of nitrogens with zero attached hydrogens (tertiary/aromatic N) is 4. The first-order valence-electron chi connectivity index (χ1n) is 10.1. The van der Waals surface area contributed by atoms with Crippen molar-refractivity contribution in [2.45, 2.75) is 13.5 Å². The molecule has 0 unspecified atom stereocenters. The molecule has 2 aromatic carbocycles. The van der Waals surface area contributed by atoms with Gasteiger partial charge in [0.1, 0.15) is 22.6 Å². The number of aromatic nitrogens is 4. The lowest BCUT2D eigenvalue weighted by Crippen LogP contribution is -2.03. The zero-order chi connectivity index (χ0) is 24.9. The van der Waals surface area contributed by atoms with Crippen molar-refractivity contribution >= 4 is 33.2 Å². The predicted octanol–water partition coefficient (Wildman–Crippen LogP) is 5.24. The first kappa shape index (κ1) is 22.7. The number of hydrogen-bond acceptors (Lipinski definition) is 7. The zero-order valence-electron chi connectivity index (χ0n) is 18.1. The Morgan fingerprint density at radius 3 is 2.43 bits per heavy atom. The third kappa shape index (κ3) is 3.85. The molecule has 3 aromatic heterocycles. The number of aryl methyl sites for hydroxylation is 1. The third-order valence-corrected chi connectivity index (χ3v) is 6.48. The zero-order valence-corrected chi connectivity index (χ0v) is 18.9. The Morgan fingerprint density at radius 1 is 1.09 bits per heavy atom. The Morgan fingerprint density at radius 2 is 1.77 bits per heavy atom. The summed E-state index contributed by atoms with van der Waals surface area (Å²) in [4.78, 5) is 22.0. The standard InChI is InChI=1S/C23H14F4N4O3S/c1-10-15-21-29-20(30-31(21)9-28-22(15)35-19(10)23(32)33-2)12-5-3-11(4-6-12)8-34-18-16(26)13(24)7-14(25)17(18)27/h3-7,9H,8H2,1-2H3. The number of halogens is 4. The fourth-order valence-corrected chi connectivity index (χ4v) is 4.59. The summed E-state index contributed by atoms with van der Waals surface area (Å²) in [5, 5.41) is 5.12. The van der Waals surface area contributed by atoms with E-state index in [9.17, 15) is 22.4 Å². The van der Waals surface area contributed by atoms with Gasteiger partial charge in [0.15, 0.2) is 28.9 Å². The first-order chi connectivity index (χ1) is 16.8. The molecule has 0 aliphatic carbocycles. The predicted molar refractivity (Wildman–Crippen MR) is 118 cm³/mol. The second-order valence-electron chi connectivity index (χ2n) is 7.46. The lowest BCUT2D eigenvalue weighted by molar-refractivity contribution is 0.0605. The van der Waals surface area contributed by atoms with Crippen LogP contribution >= 0.6 is 11.3 Å². The van der Waals surface area contributed by atoms with E-state index in [0.717, 1.165) is 0 Å². The monoisotopic (exact) mass is 502 g/mol. The highest BCUT2D eigenvalue weighted by Crippen LogP contribution is 2.33. The number of esters is 1. The fraction of sp³-hybridized carbons (Fsp3) is 0.130. The fourth-order valence-electron chi connectivity index (χ4n) is 3.53. The van der Waals surface area contributed by atoms with E-state index in [1.165, 1.54) is 29.3 Å². The van der Waals surface area contributed by atoms with Gasteiger partial charge in [0.25, 0.3) is 0 Å². The van der Waals surface area contributed by atoms with Crippen LogP contribution in [0.5, 0.6) is 5.75 Å². The molecular weight excluding hydrogens is 488 g/mol. The average molecular weight is 502 g/mol. The molecule has 0 N–H and O–H groups in total. The highest BCUT2D eigenvalue weighted by Gasteiger charge is 2.22. The number of methoxy groups -OCH3 is 1. The number of benzene rings is 2. The van der Waals surface area contributed by atoms with Gasteiger partial charge in [-0.2, -0.15) is 8.78 Å². The van der Waals surface area contributed by atoms with E-state index in [4.69, 9.17) is 9.47 Å². The minimum atomic E-state index is -1.60. The molecule has 35 heavy (non-hydrogen) atoms. The van der Waals surface area contributed by atoms with Crippen LogP contribution in [-0.2, 0) is 11.3 Å². The van der Waals surface area contributed by atoms with E-state index < -0.39 is 35.0 Å². The molecule has 5 aromatic rings. The second kappa shape index (κ2) is 8.62. The van der Waals surface area contributed by atoms with Crippen molar-refractivity contribution in [1.29, 1.82) is 0 Å². The number of ether oxygens (including phenoxy) is 2. The molecule has 0 atom stereocenters. The number of thiophene rings is 1. The van der Waals surface area contributed by atoms with Crippen molar-refractivity contribution < 1.29 is 31.8 Å². The van der Waals surface area contributed by atoms with Gasteiger partial charge < -0.3 is 9.47 Å². The van der Waals surface area contributed by atoms with Crippen molar-refractivity contribution in [2.75, 3.05) is 7.11 Å². The van der Waals surface area contributed by atoms with Crippen LogP contribution in [0.2, 0.25) is 0 Å². The maximum Gasteiger partial charge on any atom is 0.348 e. The van der Waals surface area contributed by atoms with Crippen molar-refractivity contribution in [3.8, 4) is 17.1 Å². The van der Waals surface area contributed by atoms with Crippen molar-refractivity contribution in [3.63, 3.8) is 0 Å². The number of carbonyl (C=O) groups is 1. The molecular formula is C23H14F4N4O3S. The van der Waals surface area contributed by atoms with Crippen LogP contribution in [-0.4, -0.2) is 32.7 Å². The number of hydrogen-bond donors (Lipinski definition) is 0. The molecule has 0 spiro atoms. The molecule has 0 saturated carbocycles.